The third-order valence-electron chi connectivity index (χ3n) is 9.63. The number of esters is 1. The smallest absolute Gasteiger partial charge is 0.336 e. The molecule has 12 heteroatoms. The van der Waals surface area contributed by atoms with Crippen molar-refractivity contribution in [2.45, 2.75) is 44.2 Å². The number of carbonyl (C=O) groups excluding carboxylic acids is 2. The van der Waals surface area contributed by atoms with Crippen LogP contribution in [0, 0.1) is 11.3 Å². The van der Waals surface area contributed by atoms with Gasteiger partial charge in [-0.1, -0.05) is 83.9 Å². The molecular weight excluding hydrogens is 749 g/mol. The van der Waals surface area contributed by atoms with Crippen molar-refractivity contribution in [1.29, 1.82) is 5.26 Å². The summed E-state index contributed by atoms with van der Waals surface area (Å²) in [7, 11) is 1.29. The van der Waals surface area contributed by atoms with E-state index >= 15 is 0 Å². The molecule has 7 rings (SSSR count). The second-order valence-electron chi connectivity index (χ2n) is 13.1. The van der Waals surface area contributed by atoms with Gasteiger partial charge in [-0.2, -0.15) is 5.26 Å². The number of rotatable bonds is 9. The summed E-state index contributed by atoms with van der Waals surface area (Å²) in [5.41, 5.74) is 5.03. The highest BCUT2D eigenvalue weighted by Gasteiger charge is 2.40. The van der Waals surface area contributed by atoms with Crippen molar-refractivity contribution in [2.24, 2.45) is 0 Å². The molecule has 0 bridgehead atoms. The van der Waals surface area contributed by atoms with Gasteiger partial charge >= 0.3 is 5.97 Å². The van der Waals surface area contributed by atoms with Crippen LogP contribution >= 0.6 is 35.6 Å². The van der Waals surface area contributed by atoms with E-state index in [1.807, 2.05) is 72.8 Å². The molecule has 2 aliphatic heterocycles. The first-order valence-corrected chi connectivity index (χ1v) is 17.8. The monoisotopic (exact) mass is 783 g/mol. The first kappa shape index (κ1) is 38.5. The molecule has 2 unspecified atom stereocenters. The lowest BCUT2D eigenvalue weighted by Gasteiger charge is -2.33. The maximum atomic E-state index is 13.7. The maximum absolute atomic E-state index is 13.7. The molecule has 0 saturated carbocycles. The maximum Gasteiger partial charge on any atom is 0.336 e. The SMILES string of the molecule is COC(=O)C(C)(NC(=O)C1Cc2cc3c(cc2CN1)O[C@@H](c1ccc(OCc2ccc(Cl)c(Cl)c2)cc1)CO3)c1ccc(-c2ccccc2C#N)cc1.Cl. The van der Waals surface area contributed by atoms with Crippen LogP contribution in [0.4, 0.5) is 0 Å². The molecule has 2 heterocycles. The summed E-state index contributed by atoms with van der Waals surface area (Å²) in [4.78, 5) is 26.9. The molecule has 9 nitrogen and oxygen atoms in total. The molecule has 0 aliphatic carbocycles. The molecule has 5 aromatic rings. The lowest BCUT2D eigenvalue weighted by Crippen LogP contribution is -2.56. The van der Waals surface area contributed by atoms with E-state index in [0.29, 0.717) is 64.6 Å². The Labute approximate surface area is 329 Å². The largest absolute Gasteiger partial charge is 0.489 e. The van der Waals surface area contributed by atoms with Crippen LogP contribution in [0.5, 0.6) is 17.2 Å². The van der Waals surface area contributed by atoms with E-state index in [1.165, 1.54) is 7.11 Å². The Hall–Kier alpha value is -5.24. The zero-order chi connectivity index (χ0) is 37.1. The van der Waals surface area contributed by atoms with Gasteiger partial charge in [0.1, 0.15) is 19.0 Å². The number of carbonyl (C=O) groups is 2. The Morgan fingerprint density at radius 2 is 1.69 bits per heavy atom. The number of benzene rings is 5. The standard InChI is InChI=1S/C42H35Cl2N3O6.ClH/c1-42(41(49)50-2,31-12-8-26(9-13-31)33-6-4-3-5-28(33)21-45)47-40(48)36-18-29-19-37-38(20-30(29)22-46-36)53-39(24-52-37)27-10-14-32(15-11-27)51-23-25-7-16-34(43)35(44)17-25;/h3-17,19-20,36,39,46H,18,22-24H2,1-2H3,(H,47,48);1H/t36?,39-,42?;/m1./s1. The van der Waals surface area contributed by atoms with Crippen molar-refractivity contribution >= 4 is 47.5 Å². The van der Waals surface area contributed by atoms with Crippen LogP contribution in [-0.2, 0) is 39.4 Å². The van der Waals surface area contributed by atoms with Crippen molar-refractivity contribution in [3.8, 4) is 34.4 Å². The van der Waals surface area contributed by atoms with Crippen molar-refractivity contribution in [1.82, 2.24) is 10.6 Å². The van der Waals surface area contributed by atoms with Crippen molar-refractivity contribution in [2.75, 3.05) is 13.7 Å². The third-order valence-corrected chi connectivity index (χ3v) is 10.4. The Kier molecular flexibility index (Phi) is 11.7. The first-order chi connectivity index (χ1) is 25.6. The van der Waals surface area contributed by atoms with E-state index < -0.39 is 17.6 Å². The first-order valence-electron chi connectivity index (χ1n) is 17.0. The second-order valence-corrected chi connectivity index (χ2v) is 13.9. The molecule has 0 saturated heterocycles. The molecule has 2 N–H and O–H groups in total. The third kappa shape index (κ3) is 7.98. The summed E-state index contributed by atoms with van der Waals surface area (Å²) in [5, 5.41) is 16.8. The van der Waals surface area contributed by atoms with Crippen LogP contribution in [0.25, 0.3) is 11.1 Å². The number of ether oxygens (including phenoxy) is 4. The number of amides is 1. The number of nitrogens with one attached hydrogen (secondary N) is 2. The van der Waals surface area contributed by atoms with Gasteiger partial charge in [-0.15, -0.1) is 12.4 Å². The average Bonchev–Trinajstić information content (AvgIpc) is 3.19. The quantitative estimate of drug-likeness (QED) is 0.144. The molecule has 276 valence electrons. The molecule has 0 radical (unpaired) electrons. The minimum absolute atomic E-state index is 0. The lowest BCUT2D eigenvalue weighted by atomic mass is 9.88. The fraction of sp³-hybridized carbons (Fsp3) is 0.214. The van der Waals surface area contributed by atoms with Crippen LogP contribution in [0.3, 0.4) is 0 Å². The van der Waals surface area contributed by atoms with Gasteiger partial charge in [0.05, 0.1) is 34.8 Å². The van der Waals surface area contributed by atoms with Gasteiger partial charge in [-0.3, -0.25) is 4.79 Å². The molecule has 0 spiro atoms. The fourth-order valence-corrected chi connectivity index (χ4v) is 6.92. The minimum atomic E-state index is -1.46. The van der Waals surface area contributed by atoms with E-state index in [0.717, 1.165) is 33.4 Å². The molecule has 0 fully saturated rings. The van der Waals surface area contributed by atoms with E-state index in [1.54, 1.807) is 37.3 Å². The molecule has 1 amide bonds. The molecule has 3 atom stereocenters. The highest BCUT2D eigenvalue weighted by atomic mass is 35.5. The Morgan fingerprint density at radius 3 is 2.41 bits per heavy atom. The zero-order valence-electron chi connectivity index (χ0n) is 29.4. The zero-order valence-corrected chi connectivity index (χ0v) is 31.7. The predicted molar refractivity (Wildman–Crippen MR) is 208 cm³/mol. The number of hydrogen-bond acceptors (Lipinski definition) is 8. The summed E-state index contributed by atoms with van der Waals surface area (Å²) in [6.07, 6.45) is 0.0670. The van der Waals surface area contributed by atoms with E-state index in [2.05, 4.69) is 16.7 Å². The van der Waals surface area contributed by atoms with E-state index in [9.17, 15) is 14.9 Å². The molecular formula is C42H36Cl3N3O6. The van der Waals surface area contributed by atoms with Gasteiger partial charge in [-0.25, -0.2) is 4.79 Å². The Morgan fingerprint density at radius 1 is 0.944 bits per heavy atom. The van der Waals surface area contributed by atoms with Gasteiger partial charge in [0, 0.05) is 6.54 Å². The Bertz CT molecular complexity index is 2230. The van der Waals surface area contributed by atoms with Gasteiger partial charge in [0.2, 0.25) is 5.91 Å². The van der Waals surface area contributed by atoms with Gasteiger partial charge in [-0.05, 0) is 94.8 Å². The molecule has 0 aromatic heterocycles. The van der Waals surface area contributed by atoms with Crippen LogP contribution in [0.1, 0.15) is 46.4 Å². The molecule has 2 aliphatic rings. The number of fused-ring (bicyclic) bond motifs is 2. The van der Waals surface area contributed by atoms with E-state index in [-0.39, 0.29) is 24.4 Å². The van der Waals surface area contributed by atoms with Crippen LogP contribution in [0.15, 0.2) is 103 Å². The Balaban J connectivity index is 0.00000497. The minimum Gasteiger partial charge on any atom is -0.489 e. The number of hydrogen-bond donors (Lipinski definition) is 2. The highest BCUT2D eigenvalue weighted by Crippen LogP contribution is 2.40. The fourth-order valence-electron chi connectivity index (χ4n) is 6.60. The average molecular weight is 785 g/mol. The van der Waals surface area contributed by atoms with Gasteiger partial charge in [0.25, 0.3) is 0 Å². The lowest BCUT2D eigenvalue weighted by molar-refractivity contribution is -0.151. The number of methoxy groups -OCH3 is 1. The van der Waals surface area contributed by atoms with Crippen molar-refractivity contribution < 1.29 is 28.5 Å². The second kappa shape index (κ2) is 16.4. The highest BCUT2D eigenvalue weighted by molar-refractivity contribution is 6.42. The van der Waals surface area contributed by atoms with Crippen LogP contribution in [0.2, 0.25) is 10.0 Å². The summed E-state index contributed by atoms with van der Waals surface area (Å²) >= 11 is 12.1. The normalized spacial score (nSPS) is 16.7. The summed E-state index contributed by atoms with van der Waals surface area (Å²) in [5.74, 6) is 0.996. The van der Waals surface area contributed by atoms with Gasteiger partial charge in [0.15, 0.2) is 23.1 Å². The van der Waals surface area contributed by atoms with Gasteiger partial charge < -0.3 is 29.6 Å². The number of nitriles is 1. The summed E-state index contributed by atoms with van der Waals surface area (Å²) < 4.78 is 23.6. The topological polar surface area (TPSA) is 119 Å². The van der Waals surface area contributed by atoms with E-state index in [4.69, 9.17) is 42.1 Å². The summed E-state index contributed by atoms with van der Waals surface area (Å²) in [6, 6.07) is 33.1. The molecule has 54 heavy (non-hydrogen) atoms. The number of halogens is 3. The van der Waals surface area contributed by atoms with Crippen molar-refractivity contribution in [3.63, 3.8) is 0 Å². The molecule has 5 aromatic carbocycles. The predicted octanol–water partition coefficient (Wildman–Crippen LogP) is 8.26. The van der Waals surface area contributed by atoms with Crippen LogP contribution < -0.4 is 24.8 Å². The summed E-state index contributed by atoms with van der Waals surface area (Å²) in [6.45, 7) is 2.72. The number of nitrogens with zero attached hydrogens (tertiary/aromatic N) is 1. The van der Waals surface area contributed by atoms with Crippen LogP contribution in [-0.4, -0.2) is 31.6 Å². The van der Waals surface area contributed by atoms with Crippen molar-refractivity contribution in [3.05, 3.63) is 147 Å².